The molecule has 6 nitrogen and oxygen atoms in total. The van der Waals surface area contributed by atoms with Gasteiger partial charge in [-0.2, -0.15) is 0 Å². The van der Waals surface area contributed by atoms with Crippen molar-refractivity contribution in [3.05, 3.63) is 24.3 Å². The summed E-state index contributed by atoms with van der Waals surface area (Å²) in [5, 5.41) is 2.78. The lowest BCUT2D eigenvalue weighted by Crippen LogP contribution is -2.38. The Bertz CT molecular complexity index is 519. The molecule has 0 unspecified atom stereocenters. The zero-order valence-corrected chi connectivity index (χ0v) is 12.8. The Morgan fingerprint density at radius 2 is 2.14 bits per heavy atom. The zero-order valence-electron chi connectivity index (χ0n) is 12.8. The molecule has 2 rings (SSSR count). The van der Waals surface area contributed by atoms with Gasteiger partial charge in [-0.1, -0.05) is 12.1 Å². The number of rotatable bonds is 7. The van der Waals surface area contributed by atoms with Crippen molar-refractivity contribution in [1.82, 2.24) is 5.32 Å². The van der Waals surface area contributed by atoms with Gasteiger partial charge in [-0.15, -0.1) is 0 Å². The lowest BCUT2D eigenvalue weighted by Gasteiger charge is -2.29. The lowest BCUT2D eigenvalue weighted by atomic mass is 10.2. The van der Waals surface area contributed by atoms with Gasteiger partial charge in [0.05, 0.1) is 12.2 Å². The number of hydrogen-bond donors (Lipinski definition) is 1. The van der Waals surface area contributed by atoms with Crippen LogP contribution >= 0.6 is 0 Å². The third-order valence-electron chi connectivity index (χ3n) is 3.44. The number of benzene rings is 1. The van der Waals surface area contributed by atoms with Gasteiger partial charge in [0, 0.05) is 33.1 Å². The number of ether oxygens (including phenoxy) is 2. The first-order valence-corrected chi connectivity index (χ1v) is 7.50. The van der Waals surface area contributed by atoms with E-state index in [1.807, 2.05) is 24.3 Å². The average Bonchev–Trinajstić information content (AvgIpc) is 2.56. The molecule has 1 aliphatic rings. The molecule has 0 aromatic heterocycles. The molecule has 0 saturated carbocycles. The standard InChI is InChI=1S/C16H22N2O4/c1-21-11-4-9-17-15(19)7-8-16(20)18-10-12-22-14-6-3-2-5-13(14)18/h2-3,5-6H,4,7-12H2,1H3,(H,17,19). The van der Waals surface area contributed by atoms with E-state index in [1.54, 1.807) is 12.0 Å². The van der Waals surface area contributed by atoms with Crippen LogP contribution in [0.2, 0.25) is 0 Å². The van der Waals surface area contributed by atoms with Crippen LogP contribution in [0.1, 0.15) is 19.3 Å². The van der Waals surface area contributed by atoms with E-state index in [-0.39, 0.29) is 24.7 Å². The molecule has 1 N–H and O–H groups in total. The average molecular weight is 306 g/mol. The van der Waals surface area contributed by atoms with E-state index >= 15 is 0 Å². The van der Waals surface area contributed by atoms with Crippen LogP contribution in [0, 0.1) is 0 Å². The second-order valence-electron chi connectivity index (χ2n) is 5.06. The van der Waals surface area contributed by atoms with Crippen molar-refractivity contribution < 1.29 is 19.1 Å². The van der Waals surface area contributed by atoms with Crippen LogP contribution in [0.4, 0.5) is 5.69 Å². The number of fused-ring (bicyclic) bond motifs is 1. The molecule has 0 spiro atoms. The van der Waals surface area contributed by atoms with Gasteiger partial charge in [0.1, 0.15) is 12.4 Å². The van der Waals surface area contributed by atoms with E-state index in [0.717, 1.165) is 12.1 Å². The third kappa shape index (κ3) is 4.46. The molecule has 120 valence electrons. The molecule has 0 radical (unpaired) electrons. The van der Waals surface area contributed by atoms with Gasteiger partial charge < -0.3 is 19.7 Å². The van der Waals surface area contributed by atoms with Crippen LogP contribution in [0.25, 0.3) is 0 Å². The van der Waals surface area contributed by atoms with Crippen LogP contribution < -0.4 is 15.0 Å². The largest absolute Gasteiger partial charge is 0.490 e. The monoisotopic (exact) mass is 306 g/mol. The summed E-state index contributed by atoms with van der Waals surface area (Å²) < 4.78 is 10.4. The van der Waals surface area contributed by atoms with Crippen LogP contribution in [-0.2, 0) is 14.3 Å². The molecule has 0 aliphatic carbocycles. The highest BCUT2D eigenvalue weighted by atomic mass is 16.5. The minimum atomic E-state index is -0.106. The minimum absolute atomic E-state index is 0.0530. The molecule has 1 aromatic carbocycles. The van der Waals surface area contributed by atoms with Crippen LogP contribution in [0.3, 0.4) is 0 Å². The molecule has 1 heterocycles. The summed E-state index contributed by atoms with van der Waals surface area (Å²) in [5.41, 5.74) is 0.777. The number of hydrogen-bond acceptors (Lipinski definition) is 4. The van der Waals surface area contributed by atoms with E-state index in [4.69, 9.17) is 9.47 Å². The molecular weight excluding hydrogens is 284 g/mol. The molecule has 2 amide bonds. The summed E-state index contributed by atoms with van der Waals surface area (Å²) in [6, 6.07) is 7.45. The fourth-order valence-corrected chi connectivity index (χ4v) is 2.32. The highest BCUT2D eigenvalue weighted by Gasteiger charge is 2.23. The second kappa shape index (κ2) is 8.38. The van der Waals surface area contributed by atoms with E-state index in [0.29, 0.717) is 32.1 Å². The van der Waals surface area contributed by atoms with E-state index < -0.39 is 0 Å². The molecule has 0 bridgehead atoms. The molecule has 0 atom stereocenters. The van der Waals surface area contributed by atoms with Gasteiger partial charge in [0.25, 0.3) is 0 Å². The van der Waals surface area contributed by atoms with Crippen molar-refractivity contribution in [3.8, 4) is 5.75 Å². The number of nitrogens with zero attached hydrogens (tertiary/aromatic N) is 1. The summed E-state index contributed by atoms with van der Waals surface area (Å²) in [6.45, 7) is 2.18. The van der Waals surface area contributed by atoms with Gasteiger partial charge >= 0.3 is 0 Å². The topological polar surface area (TPSA) is 67.9 Å². The SMILES string of the molecule is COCCCNC(=O)CCC(=O)N1CCOc2ccccc21. The first kappa shape index (κ1) is 16.3. The van der Waals surface area contributed by atoms with Crippen LogP contribution in [0.15, 0.2) is 24.3 Å². The number of carbonyl (C=O) groups is 2. The summed E-state index contributed by atoms with van der Waals surface area (Å²) in [6.07, 6.45) is 1.17. The fraction of sp³-hybridized carbons (Fsp3) is 0.500. The number of nitrogens with one attached hydrogen (secondary N) is 1. The molecule has 0 fully saturated rings. The molecular formula is C16H22N2O4. The summed E-state index contributed by atoms with van der Waals surface area (Å²) in [5.74, 6) is 0.555. The van der Waals surface area contributed by atoms with Gasteiger partial charge in [0.15, 0.2) is 0 Å². The number of anilines is 1. The quantitative estimate of drug-likeness (QED) is 0.772. The molecule has 22 heavy (non-hydrogen) atoms. The third-order valence-corrected chi connectivity index (χ3v) is 3.44. The van der Waals surface area contributed by atoms with Crippen LogP contribution in [0.5, 0.6) is 5.75 Å². The zero-order chi connectivity index (χ0) is 15.8. The normalized spacial score (nSPS) is 13.2. The Kier molecular flexibility index (Phi) is 6.21. The number of carbonyl (C=O) groups excluding carboxylic acids is 2. The Hall–Kier alpha value is -2.08. The summed E-state index contributed by atoms with van der Waals surface area (Å²) >= 11 is 0. The van der Waals surface area contributed by atoms with E-state index in [2.05, 4.69) is 5.32 Å². The number of methoxy groups -OCH3 is 1. The maximum atomic E-state index is 12.3. The molecule has 1 aromatic rings. The Morgan fingerprint density at radius 3 is 2.95 bits per heavy atom. The highest BCUT2D eigenvalue weighted by Crippen LogP contribution is 2.31. The smallest absolute Gasteiger partial charge is 0.227 e. The molecule has 0 saturated heterocycles. The second-order valence-corrected chi connectivity index (χ2v) is 5.06. The first-order valence-electron chi connectivity index (χ1n) is 7.50. The van der Waals surface area contributed by atoms with Crippen molar-refractivity contribution in [3.63, 3.8) is 0 Å². The fourth-order valence-electron chi connectivity index (χ4n) is 2.32. The van der Waals surface area contributed by atoms with Crippen molar-refractivity contribution in [2.75, 3.05) is 38.3 Å². The Balaban J connectivity index is 1.80. The van der Waals surface area contributed by atoms with Gasteiger partial charge in [0.2, 0.25) is 11.8 Å². The predicted octanol–water partition coefficient (Wildman–Crippen LogP) is 1.34. The predicted molar refractivity (Wildman–Crippen MR) is 83.0 cm³/mol. The summed E-state index contributed by atoms with van der Waals surface area (Å²) in [4.78, 5) is 25.7. The summed E-state index contributed by atoms with van der Waals surface area (Å²) in [7, 11) is 1.63. The van der Waals surface area contributed by atoms with E-state index in [1.165, 1.54) is 0 Å². The number of amides is 2. The first-order chi connectivity index (χ1) is 10.7. The molecule has 1 aliphatic heterocycles. The van der Waals surface area contributed by atoms with Gasteiger partial charge in [-0.05, 0) is 18.6 Å². The van der Waals surface area contributed by atoms with Crippen molar-refractivity contribution in [2.45, 2.75) is 19.3 Å². The lowest BCUT2D eigenvalue weighted by molar-refractivity contribution is -0.125. The molecule has 6 heteroatoms. The van der Waals surface area contributed by atoms with Crippen molar-refractivity contribution >= 4 is 17.5 Å². The van der Waals surface area contributed by atoms with Crippen molar-refractivity contribution in [1.29, 1.82) is 0 Å². The maximum absolute atomic E-state index is 12.3. The number of para-hydroxylation sites is 2. The highest BCUT2D eigenvalue weighted by molar-refractivity contribution is 5.97. The van der Waals surface area contributed by atoms with Gasteiger partial charge in [-0.3, -0.25) is 9.59 Å². The Labute approximate surface area is 130 Å². The van der Waals surface area contributed by atoms with Crippen LogP contribution in [-0.4, -0.2) is 45.2 Å². The Morgan fingerprint density at radius 1 is 1.32 bits per heavy atom. The maximum Gasteiger partial charge on any atom is 0.227 e. The van der Waals surface area contributed by atoms with Crippen molar-refractivity contribution in [2.24, 2.45) is 0 Å². The van der Waals surface area contributed by atoms with E-state index in [9.17, 15) is 9.59 Å². The minimum Gasteiger partial charge on any atom is -0.490 e. The van der Waals surface area contributed by atoms with Gasteiger partial charge in [-0.25, -0.2) is 0 Å².